The molecule has 0 radical (unpaired) electrons. The number of carbonyl (C=O) groups is 1. The van der Waals surface area contributed by atoms with E-state index < -0.39 is 0 Å². The van der Waals surface area contributed by atoms with Gasteiger partial charge in [-0.25, -0.2) is 0 Å². The Morgan fingerprint density at radius 3 is 2.80 bits per heavy atom. The zero-order chi connectivity index (χ0) is 14.5. The number of nitrogens with one attached hydrogen (secondary N) is 2. The van der Waals surface area contributed by atoms with Crippen molar-refractivity contribution in [3.63, 3.8) is 0 Å². The first-order chi connectivity index (χ1) is 9.58. The van der Waals surface area contributed by atoms with Crippen LogP contribution in [0.25, 0.3) is 0 Å². The molecule has 2 N–H and O–H groups in total. The quantitative estimate of drug-likeness (QED) is 0.866. The summed E-state index contributed by atoms with van der Waals surface area (Å²) in [5, 5.41) is 6.33. The fraction of sp³-hybridized carbons (Fsp3) is 0.588. The van der Waals surface area contributed by atoms with Gasteiger partial charge in [-0.05, 0) is 57.1 Å². The van der Waals surface area contributed by atoms with Crippen LogP contribution in [-0.2, 0) is 11.2 Å². The summed E-state index contributed by atoms with van der Waals surface area (Å²) in [5.41, 5.74) is 2.94. The van der Waals surface area contributed by atoms with E-state index >= 15 is 0 Å². The van der Waals surface area contributed by atoms with Crippen molar-refractivity contribution < 1.29 is 4.79 Å². The van der Waals surface area contributed by atoms with Crippen LogP contribution in [-0.4, -0.2) is 24.5 Å². The minimum atomic E-state index is -0.133. The fourth-order valence-corrected chi connectivity index (χ4v) is 2.89. The zero-order valence-corrected chi connectivity index (χ0v) is 12.8. The highest BCUT2D eigenvalue weighted by atomic mass is 16.2. The number of fused-ring (bicyclic) bond motifs is 1. The van der Waals surface area contributed by atoms with Gasteiger partial charge >= 0.3 is 0 Å². The van der Waals surface area contributed by atoms with E-state index in [-0.39, 0.29) is 18.0 Å². The van der Waals surface area contributed by atoms with Crippen LogP contribution in [0.4, 0.5) is 0 Å². The van der Waals surface area contributed by atoms with Gasteiger partial charge in [-0.1, -0.05) is 24.3 Å². The van der Waals surface area contributed by atoms with Crippen molar-refractivity contribution in [2.24, 2.45) is 0 Å². The van der Waals surface area contributed by atoms with Crippen LogP contribution in [0.2, 0.25) is 0 Å². The van der Waals surface area contributed by atoms with Crippen LogP contribution >= 0.6 is 0 Å². The molecule has 0 heterocycles. The van der Waals surface area contributed by atoms with E-state index in [9.17, 15) is 4.79 Å². The first-order valence-corrected chi connectivity index (χ1v) is 7.69. The van der Waals surface area contributed by atoms with E-state index in [2.05, 4.69) is 34.9 Å². The second-order valence-electron chi connectivity index (χ2n) is 6.08. The predicted octanol–water partition coefficient (Wildman–Crippen LogP) is 2.61. The highest BCUT2D eigenvalue weighted by Gasteiger charge is 2.21. The Hall–Kier alpha value is -1.35. The van der Waals surface area contributed by atoms with Gasteiger partial charge in [-0.3, -0.25) is 4.79 Å². The lowest BCUT2D eigenvalue weighted by Crippen LogP contribution is -2.45. The van der Waals surface area contributed by atoms with E-state index in [1.165, 1.54) is 30.4 Å². The van der Waals surface area contributed by atoms with Crippen LogP contribution in [0.3, 0.4) is 0 Å². The maximum Gasteiger partial charge on any atom is 0.237 e. The lowest BCUT2D eigenvalue weighted by atomic mass is 9.83. The summed E-state index contributed by atoms with van der Waals surface area (Å²) in [6, 6.07) is 8.77. The van der Waals surface area contributed by atoms with Gasteiger partial charge in [0.2, 0.25) is 5.91 Å². The van der Waals surface area contributed by atoms with Crippen molar-refractivity contribution in [1.82, 2.24) is 10.6 Å². The van der Waals surface area contributed by atoms with Crippen molar-refractivity contribution in [1.29, 1.82) is 0 Å². The summed E-state index contributed by atoms with van der Waals surface area (Å²) in [5.74, 6) is 0.623. The summed E-state index contributed by atoms with van der Waals surface area (Å²) in [6.45, 7) is 6.79. The molecule has 0 spiro atoms. The lowest BCUT2D eigenvalue weighted by molar-refractivity contribution is -0.123. The molecule has 2 atom stereocenters. The van der Waals surface area contributed by atoms with E-state index in [0.717, 1.165) is 6.54 Å². The molecule has 20 heavy (non-hydrogen) atoms. The third-order valence-corrected chi connectivity index (χ3v) is 3.99. The van der Waals surface area contributed by atoms with Gasteiger partial charge in [0.15, 0.2) is 0 Å². The summed E-state index contributed by atoms with van der Waals surface area (Å²) in [7, 11) is 0. The molecule has 0 bridgehead atoms. The number of aryl methyl sites for hydroxylation is 1. The Kier molecular flexibility index (Phi) is 5.18. The molecule has 3 heteroatoms. The van der Waals surface area contributed by atoms with E-state index in [0.29, 0.717) is 5.92 Å². The van der Waals surface area contributed by atoms with Crippen molar-refractivity contribution in [3.05, 3.63) is 35.4 Å². The fourth-order valence-electron chi connectivity index (χ4n) is 2.89. The average molecular weight is 274 g/mol. The molecule has 0 fully saturated rings. The predicted molar refractivity (Wildman–Crippen MR) is 82.9 cm³/mol. The molecule has 2 unspecified atom stereocenters. The Morgan fingerprint density at radius 1 is 1.30 bits per heavy atom. The van der Waals surface area contributed by atoms with Crippen LogP contribution in [0, 0.1) is 0 Å². The van der Waals surface area contributed by atoms with E-state index in [1.54, 1.807) is 0 Å². The van der Waals surface area contributed by atoms with Crippen LogP contribution < -0.4 is 10.6 Å². The number of benzene rings is 1. The van der Waals surface area contributed by atoms with Gasteiger partial charge in [0.05, 0.1) is 6.04 Å². The number of hydrogen-bond donors (Lipinski definition) is 2. The van der Waals surface area contributed by atoms with Crippen molar-refractivity contribution in [2.75, 3.05) is 6.54 Å². The minimum Gasteiger partial charge on any atom is -0.353 e. The first-order valence-electron chi connectivity index (χ1n) is 7.69. The smallest absolute Gasteiger partial charge is 0.237 e. The normalized spacial score (nSPS) is 19.5. The molecule has 1 amide bonds. The molecule has 0 aromatic heterocycles. The largest absolute Gasteiger partial charge is 0.353 e. The summed E-state index contributed by atoms with van der Waals surface area (Å²) in [4.78, 5) is 11.9. The molecule has 0 saturated carbocycles. The van der Waals surface area contributed by atoms with Gasteiger partial charge in [-0.15, -0.1) is 0 Å². The summed E-state index contributed by atoms with van der Waals surface area (Å²) < 4.78 is 0. The molecule has 110 valence electrons. The molecular weight excluding hydrogens is 248 g/mol. The molecule has 0 saturated heterocycles. The number of amides is 1. The minimum absolute atomic E-state index is 0.0871. The van der Waals surface area contributed by atoms with Gasteiger partial charge in [0, 0.05) is 12.6 Å². The molecule has 1 aliphatic rings. The molecule has 1 aromatic rings. The van der Waals surface area contributed by atoms with Crippen molar-refractivity contribution >= 4 is 5.91 Å². The van der Waals surface area contributed by atoms with Gasteiger partial charge in [0.25, 0.3) is 0 Å². The maximum atomic E-state index is 11.9. The Balaban J connectivity index is 1.90. The molecule has 2 rings (SSSR count). The SMILES string of the molecule is CC(C)NC(=O)C(C)NCC1CCCc2ccccc21. The van der Waals surface area contributed by atoms with Gasteiger partial charge in [0.1, 0.15) is 0 Å². The topological polar surface area (TPSA) is 41.1 Å². The standard InChI is InChI=1S/C17H26N2O/c1-12(2)19-17(20)13(3)18-11-15-9-6-8-14-7-4-5-10-16(14)15/h4-5,7,10,12-13,15,18H,6,8-9,11H2,1-3H3,(H,19,20). The molecule has 0 aliphatic heterocycles. The first kappa shape index (κ1) is 15.0. The van der Waals surface area contributed by atoms with E-state index in [4.69, 9.17) is 0 Å². The van der Waals surface area contributed by atoms with Gasteiger partial charge in [-0.2, -0.15) is 0 Å². The van der Waals surface area contributed by atoms with Crippen LogP contribution in [0.5, 0.6) is 0 Å². The maximum absolute atomic E-state index is 11.9. The summed E-state index contributed by atoms with van der Waals surface area (Å²) >= 11 is 0. The average Bonchev–Trinajstić information content (AvgIpc) is 2.44. The van der Waals surface area contributed by atoms with E-state index in [1.807, 2.05) is 20.8 Å². The molecule has 1 aromatic carbocycles. The van der Waals surface area contributed by atoms with Crippen molar-refractivity contribution in [3.8, 4) is 0 Å². The number of rotatable bonds is 5. The second kappa shape index (κ2) is 6.89. The second-order valence-corrected chi connectivity index (χ2v) is 6.08. The Labute approximate surface area is 122 Å². The Bertz CT molecular complexity index is 456. The third-order valence-electron chi connectivity index (χ3n) is 3.99. The highest BCUT2D eigenvalue weighted by Crippen LogP contribution is 2.30. The van der Waals surface area contributed by atoms with Gasteiger partial charge < -0.3 is 10.6 Å². The van der Waals surface area contributed by atoms with Crippen LogP contribution in [0.1, 0.15) is 50.7 Å². The number of hydrogen-bond acceptors (Lipinski definition) is 2. The molecule has 3 nitrogen and oxygen atoms in total. The zero-order valence-electron chi connectivity index (χ0n) is 12.8. The van der Waals surface area contributed by atoms with Crippen molar-refractivity contribution in [2.45, 2.75) is 58.0 Å². The third kappa shape index (κ3) is 3.83. The Morgan fingerprint density at radius 2 is 2.05 bits per heavy atom. The monoisotopic (exact) mass is 274 g/mol. The highest BCUT2D eigenvalue weighted by molar-refractivity contribution is 5.81. The van der Waals surface area contributed by atoms with Crippen LogP contribution in [0.15, 0.2) is 24.3 Å². The lowest BCUT2D eigenvalue weighted by Gasteiger charge is -2.27. The molecule has 1 aliphatic carbocycles. The number of carbonyl (C=O) groups excluding carboxylic acids is 1. The molecular formula is C17H26N2O. The summed E-state index contributed by atoms with van der Waals surface area (Å²) in [6.07, 6.45) is 3.65.